The largest absolute Gasteiger partial charge is 0.352 e. The third-order valence-electron chi connectivity index (χ3n) is 4.68. The Morgan fingerprint density at radius 2 is 2.14 bits per heavy atom. The van der Waals surface area contributed by atoms with Crippen LogP contribution in [0.15, 0.2) is 30.5 Å². The first kappa shape index (κ1) is 14.8. The number of hydrogen-bond acceptors (Lipinski definition) is 2. The molecule has 1 amide bonds. The Bertz CT molecular complexity index is 675. The van der Waals surface area contributed by atoms with Crippen LogP contribution in [0.5, 0.6) is 0 Å². The molecule has 1 heterocycles. The predicted octanol–water partition coefficient (Wildman–Crippen LogP) is 2.63. The maximum atomic E-state index is 12.4. The van der Waals surface area contributed by atoms with E-state index in [1.807, 2.05) is 10.9 Å². The Morgan fingerprint density at radius 3 is 2.86 bits per heavy atom. The number of aryl methyl sites for hydroxylation is 2. The fraction of sp³-hybridized carbons (Fsp3) is 0.444. The molecule has 0 unspecified atom stereocenters. The summed E-state index contributed by atoms with van der Waals surface area (Å²) in [6, 6.07) is 8.45. The van der Waals surface area contributed by atoms with Crippen molar-refractivity contribution in [3.63, 3.8) is 0 Å². The molecule has 3 rings (SSSR count). The van der Waals surface area contributed by atoms with E-state index >= 15 is 0 Å². The highest BCUT2D eigenvalue weighted by Gasteiger charge is 2.24. The van der Waals surface area contributed by atoms with Gasteiger partial charge in [-0.2, -0.15) is 5.10 Å². The van der Waals surface area contributed by atoms with Gasteiger partial charge in [-0.1, -0.05) is 24.3 Å². The Kier molecular flexibility index (Phi) is 4.27. The van der Waals surface area contributed by atoms with Crippen LogP contribution in [0.4, 0.5) is 0 Å². The van der Waals surface area contributed by atoms with Crippen LogP contribution in [0.25, 0.3) is 0 Å². The lowest BCUT2D eigenvalue weighted by Gasteiger charge is -2.23. The average Bonchev–Trinajstić information content (AvgIpc) is 2.92. The van der Waals surface area contributed by atoms with Gasteiger partial charge in [0, 0.05) is 30.3 Å². The fourth-order valence-electron chi connectivity index (χ4n) is 3.23. The molecule has 4 nitrogen and oxygen atoms in total. The van der Waals surface area contributed by atoms with Crippen molar-refractivity contribution in [2.45, 2.75) is 46.2 Å². The van der Waals surface area contributed by atoms with Gasteiger partial charge in [-0.3, -0.25) is 9.48 Å². The number of amides is 1. The lowest BCUT2D eigenvalue weighted by Crippen LogP contribution is -2.33. The van der Waals surface area contributed by atoms with Gasteiger partial charge in [0.25, 0.3) is 0 Å². The van der Waals surface area contributed by atoms with Crippen LogP contribution in [0.2, 0.25) is 0 Å². The SMILES string of the molecule is CCn1ncc(CNC(=O)[C@@H]2CCc3ccccc3C2)c1C. The second kappa shape index (κ2) is 6.34. The summed E-state index contributed by atoms with van der Waals surface area (Å²) in [5.41, 5.74) is 4.96. The number of fused-ring (bicyclic) bond motifs is 1. The molecule has 1 N–H and O–H groups in total. The van der Waals surface area contributed by atoms with Gasteiger partial charge in [0.1, 0.15) is 0 Å². The molecule has 1 aromatic carbocycles. The van der Waals surface area contributed by atoms with Gasteiger partial charge in [-0.05, 0) is 44.2 Å². The molecule has 0 saturated carbocycles. The van der Waals surface area contributed by atoms with E-state index in [1.54, 1.807) is 0 Å². The minimum atomic E-state index is 0.0939. The molecule has 0 saturated heterocycles. The molecular weight excluding hydrogens is 274 g/mol. The van der Waals surface area contributed by atoms with Crippen LogP contribution in [0.1, 0.15) is 35.7 Å². The number of nitrogens with zero attached hydrogens (tertiary/aromatic N) is 2. The molecule has 0 spiro atoms. The van der Waals surface area contributed by atoms with E-state index < -0.39 is 0 Å². The predicted molar refractivity (Wildman–Crippen MR) is 86.4 cm³/mol. The van der Waals surface area contributed by atoms with Crippen LogP contribution in [-0.4, -0.2) is 15.7 Å². The Labute approximate surface area is 131 Å². The van der Waals surface area contributed by atoms with Gasteiger partial charge < -0.3 is 5.32 Å². The standard InChI is InChI=1S/C18H23N3O/c1-3-21-13(2)17(12-20-21)11-19-18(22)16-9-8-14-6-4-5-7-15(14)10-16/h4-7,12,16H,3,8-11H2,1-2H3,(H,19,22)/t16-/m1/s1. The van der Waals surface area contributed by atoms with Crippen LogP contribution in [0.3, 0.4) is 0 Å². The second-order valence-corrected chi connectivity index (χ2v) is 6.00. The van der Waals surface area contributed by atoms with E-state index in [4.69, 9.17) is 0 Å². The Morgan fingerprint density at radius 1 is 1.36 bits per heavy atom. The summed E-state index contributed by atoms with van der Waals surface area (Å²) in [4.78, 5) is 12.4. The quantitative estimate of drug-likeness (QED) is 0.943. The minimum Gasteiger partial charge on any atom is -0.352 e. The van der Waals surface area contributed by atoms with Crippen molar-refractivity contribution < 1.29 is 4.79 Å². The highest BCUT2D eigenvalue weighted by atomic mass is 16.1. The normalized spacial score (nSPS) is 17.1. The molecule has 1 aromatic heterocycles. The smallest absolute Gasteiger partial charge is 0.223 e. The third kappa shape index (κ3) is 2.91. The number of nitrogens with one attached hydrogen (secondary N) is 1. The molecule has 0 radical (unpaired) electrons. The van der Waals surface area contributed by atoms with E-state index in [9.17, 15) is 4.79 Å². The van der Waals surface area contributed by atoms with Crippen LogP contribution in [-0.2, 0) is 30.7 Å². The van der Waals surface area contributed by atoms with Crippen LogP contribution < -0.4 is 5.32 Å². The molecule has 2 aromatic rings. The van der Waals surface area contributed by atoms with E-state index in [0.717, 1.165) is 37.1 Å². The summed E-state index contributed by atoms with van der Waals surface area (Å²) in [6.07, 6.45) is 4.65. The van der Waals surface area contributed by atoms with Crippen molar-refractivity contribution in [2.75, 3.05) is 0 Å². The lowest BCUT2D eigenvalue weighted by atomic mass is 9.83. The molecule has 22 heavy (non-hydrogen) atoms. The highest BCUT2D eigenvalue weighted by molar-refractivity contribution is 5.79. The number of hydrogen-bond donors (Lipinski definition) is 1. The van der Waals surface area contributed by atoms with E-state index in [1.165, 1.54) is 11.1 Å². The fourth-order valence-corrected chi connectivity index (χ4v) is 3.23. The molecule has 116 valence electrons. The summed E-state index contributed by atoms with van der Waals surface area (Å²) in [7, 11) is 0. The summed E-state index contributed by atoms with van der Waals surface area (Å²) >= 11 is 0. The summed E-state index contributed by atoms with van der Waals surface area (Å²) in [6.45, 7) is 5.55. The van der Waals surface area contributed by atoms with E-state index in [2.05, 4.69) is 48.5 Å². The second-order valence-electron chi connectivity index (χ2n) is 6.00. The summed E-state index contributed by atoms with van der Waals surface area (Å²) in [5, 5.41) is 7.41. The van der Waals surface area contributed by atoms with Gasteiger partial charge in [0.05, 0.1) is 6.20 Å². The molecule has 0 fully saturated rings. The van der Waals surface area contributed by atoms with Crippen molar-refractivity contribution in [3.05, 3.63) is 52.8 Å². The number of aromatic nitrogens is 2. The molecule has 1 atom stereocenters. The maximum absolute atomic E-state index is 12.4. The van der Waals surface area contributed by atoms with Crippen molar-refractivity contribution in [2.24, 2.45) is 5.92 Å². The Balaban J connectivity index is 1.60. The van der Waals surface area contributed by atoms with Crippen molar-refractivity contribution in [1.29, 1.82) is 0 Å². The number of rotatable bonds is 4. The first-order valence-electron chi connectivity index (χ1n) is 8.04. The van der Waals surface area contributed by atoms with Crippen LogP contribution in [0, 0.1) is 12.8 Å². The first-order chi connectivity index (χ1) is 10.7. The molecule has 1 aliphatic rings. The number of benzene rings is 1. The van der Waals surface area contributed by atoms with E-state index in [-0.39, 0.29) is 11.8 Å². The van der Waals surface area contributed by atoms with Crippen molar-refractivity contribution >= 4 is 5.91 Å². The molecule has 0 bridgehead atoms. The van der Waals surface area contributed by atoms with Gasteiger partial charge in [-0.15, -0.1) is 0 Å². The minimum absolute atomic E-state index is 0.0939. The third-order valence-corrected chi connectivity index (χ3v) is 4.68. The van der Waals surface area contributed by atoms with E-state index in [0.29, 0.717) is 6.54 Å². The first-order valence-corrected chi connectivity index (χ1v) is 8.04. The average molecular weight is 297 g/mol. The molecule has 4 heteroatoms. The zero-order valence-corrected chi connectivity index (χ0v) is 13.3. The summed E-state index contributed by atoms with van der Waals surface area (Å²) < 4.78 is 1.96. The molecule has 0 aliphatic heterocycles. The van der Waals surface area contributed by atoms with Gasteiger partial charge in [-0.25, -0.2) is 0 Å². The zero-order valence-electron chi connectivity index (χ0n) is 13.3. The van der Waals surface area contributed by atoms with Crippen LogP contribution >= 0.6 is 0 Å². The summed E-state index contributed by atoms with van der Waals surface area (Å²) in [5.74, 6) is 0.259. The molecule has 1 aliphatic carbocycles. The number of carbonyl (C=O) groups excluding carboxylic acids is 1. The Hall–Kier alpha value is -2.10. The van der Waals surface area contributed by atoms with Crippen molar-refractivity contribution in [3.8, 4) is 0 Å². The highest BCUT2D eigenvalue weighted by Crippen LogP contribution is 2.25. The topological polar surface area (TPSA) is 46.9 Å². The van der Waals surface area contributed by atoms with Gasteiger partial charge in [0.2, 0.25) is 5.91 Å². The monoisotopic (exact) mass is 297 g/mol. The lowest BCUT2D eigenvalue weighted by molar-refractivity contribution is -0.125. The van der Waals surface area contributed by atoms with Gasteiger partial charge >= 0.3 is 0 Å². The molecular formula is C18H23N3O. The number of carbonyl (C=O) groups is 1. The maximum Gasteiger partial charge on any atom is 0.223 e. The van der Waals surface area contributed by atoms with Crippen molar-refractivity contribution in [1.82, 2.24) is 15.1 Å². The zero-order chi connectivity index (χ0) is 15.5. The van der Waals surface area contributed by atoms with Gasteiger partial charge in [0.15, 0.2) is 0 Å².